The monoisotopic (exact) mass is 290 g/mol. The van der Waals surface area contributed by atoms with Crippen LogP contribution in [0, 0.1) is 0 Å². The Morgan fingerprint density at radius 1 is 0.905 bits per heavy atom. The molecule has 2 N–H and O–H groups in total. The van der Waals surface area contributed by atoms with E-state index in [1.165, 1.54) is 44.9 Å². The highest BCUT2D eigenvalue weighted by atomic mass is 15.3. The van der Waals surface area contributed by atoms with E-state index in [0.29, 0.717) is 11.9 Å². The maximum absolute atomic E-state index is 4.66. The number of hydrogen-bond donors (Lipinski definition) is 2. The van der Waals surface area contributed by atoms with Crippen LogP contribution in [0.3, 0.4) is 0 Å². The van der Waals surface area contributed by atoms with E-state index in [1.54, 1.807) is 0 Å². The van der Waals surface area contributed by atoms with Gasteiger partial charge in [0.2, 0.25) is 17.8 Å². The van der Waals surface area contributed by atoms with Crippen molar-refractivity contribution in [2.24, 2.45) is 0 Å². The number of rotatable bonds is 4. The van der Waals surface area contributed by atoms with Gasteiger partial charge in [0.15, 0.2) is 0 Å². The Bertz CT molecular complexity index is 477. The zero-order valence-electron chi connectivity index (χ0n) is 13.2. The minimum absolute atomic E-state index is 0.118. The van der Waals surface area contributed by atoms with Crippen molar-refractivity contribution in [3.63, 3.8) is 0 Å². The Balaban J connectivity index is 1.81. The van der Waals surface area contributed by atoms with Crippen LogP contribution in [0.4, 0.5) is 17.8 Å². The quantitative estimate of drug-likeness (QED) is 0.888. The van der Waals surface area contributed by atoms with Crippen LogP contribution in [0.5, 0.6) is 0 Å². The van der Waals surface area contributed by atoms with E-state index in [-0.39, 0.29) is 5.54 Å². The predicted molar refractivity (Wildman–Crippen MR) is 85.9 cm³/mol. The maximum Gasteiger partial charge on any atom is 0.231 e. The van der Waals surface area contributed by atoms with Crippen molar-refractivity contribution in [3.05, 3.63) is 0 Å². The average Bonchev–Trinajstić information content (AvgIpc) is 3.01. The fraction of sp³-hybridized carbons (Fsp3) is 0.800. The average molecular weight is 290 g/mol. The van der Waals surface area contributed by atoms with Crippen LogP contribution < -0.4 is 15.5 Å². The van der Waals surface area contributed by atoms with Gasteiger partial charge in [-0.3, -0.25) is 0 Å². The molecule has 6 heteroatoms. The van der Waals surface area contributed by atoms with E-state index in [4.69, 9.17) is 0 Å². The third-order valence-corrected chi connectivity index (χ3v) is 4.61. The highest BCUT2D eigenvalue weighted by Gasteiger charge is 2.28. The van der Waals surface area contributed by atoms with Crippen LogP contribution in [0.2, 0.25) is 0 Å². The van der Waals surface area contributed by atoms with Gasteiger partial charge in [-0.25, -0.2) is 0 Å². The van der Waals surface area contributed by atoms with E-state index in [0.717, 1.165) is 19.0 Å². The number of aromatic nitrogens is 3. The summed E-state index contributed by atoms with van der Waals surface area (Å²) in [5.41, 5.74) is 0.118. The van der Waals surface area contributed by atoms with Gasteiger partial charge >= 0.3 is 0 Å². The largest absolute Gasteiger partial charge is 0.357 e. The molecule has 1 aliphatic heterocycles. The molecular formula is C15H26N6. The summed E-state index contributed by atoms with van der Waals surface area (Å²) in [4.78, 5) is 15.9. The van der Waals surface area contributed by atoms with Gasteiger partial charge in [-0.05, 0) is 32.6 Å². The highest BCUT2D eigenvalue weighted by Crippen LogP contribution is 2.31. The summed E-state index contributed by atoms with van der Waals surface area (Å²) in [7, 11) is 1.86. The minimum Gasteiger partial charge on any atom is -0.357 e. The summed E-state index contributed by atoms with van der Waals surface area (Å²) >= 11 is 0. The van der Waals surface area contributed by atoms with E-state index in [1.807, 2.05) is 7.05 Å². The molecule has 1 aliphatic carbocycles. The van der Waals surface area contributed by atoms with Crippen LogP contribution in [-0.2, 0) is 0 Å². The lowest BCUT2D eigenvalue weighted by atomic mass is 9.83. The third kappa shape index (κ3) is 3.36. The second kappa shape index (κ2) is 6.03. The molecule has 6 nitrogen and oxygen atoms in total. The lowest BCUT2D eigenvalue weighted by molar-refractivity contribution is 0.347. The van der Waals surface area contributed by atoms with E-state index in [9.17, 15) is 0 Å². The highest BCUT2D eigenvalue weighted by molar-refractivity contribution is 5.45. The van der Waals surface area contributed by atoms with Gasteiger partial charge in [0.1, 0.15) is 0 Å². The van der Waals surface area contributed by atoms with Gasteiger partial charge in [0.05, 0.1) is 0 Å². The molecule has 1 aromatic heterocycles. The molecule has 0 bridgehead atoms. The van der Waals surface area contributed by atoms with Crippen molar-refractivity contribution in [2.75, 3.05) is 35.7 Å². The molecule has 0 unspecified atom stereocenters. The van der Waals surface area contributed by atoms with E-state index >= 15 is 0 Å². The number of hydrogen-bond acceptors (Lipinski definition) is 6. The summed E-state index contributed by atoms with van der Waals surface area (Å²) in [6.07, 6.45) is 8.73. The van der Waals surface area contributed by atoms with Gasteiger partial charge in [-0.15, -0.1) is 0 Å². The van der Waals surface area contributed by atoms with Gasteiger partial charge in [-0.1, -0.05) is 19.3 Å². The Morgan fingerprint density at radius 2 is 1.57 bits per heavy atom. The Hall–Kier alpha value is -1.59. The van der Waals surface area contributed by atoms with Crippen LogP contribution >= 0.6 is 0 Å². The zero-order valence-corrected chi connectivity index (χ0v) is 13.2. The smallest absolute Gasteiger partial charge is 0.231 e. The summed E-state index contributed by atoms with van der Waals surface area (Å²) in [5.74, 6) is 2.16. The fourth-order valence-corrected chi connectivity index (χ4v) is 3.32. The van der Waals surface area contributed by atoms with E-state index < -0.39 is 0 Å². The van der Waals surface area contributed by atoms with Crippen molar-refractivity contribution < 1.29 is 0 Å². The molecule has 3 rings (SSSR count). The predicted octanol–water partition coefficient (Wildman–Crippen LogP) is 2.65. The van der Waals surface area contributed by atoms with Gasteiger partial charge in [-0.2, -0.15) is 15.0 Å². The maximum atomic E-state index is 4.66. The van der Waals surface area contributed by atoms with Crippen molar-refractivity contribution in [1.82, 2.24) is 15.0 Å². The minimum atomic E-state index is 0.118. The van der Waals surface area contributed by atoms with Crippen LogP contribution in [0.1, 0.15) is 51.9 Å². The molecule has 1 saturated heterocycles. The molecule has 1 aromatic rings. The molecule has 0 aromatic carbocycles. The second-order valence-electron chi connectivity index (χ2n) is 6.47. The SMILES string of the molecule is CNc1nc(NC2(C)CCCCC2)nc(N2CCCC2)n1. The van der Waals surface area contributed by atoms with Crippen molar-refractivity contribution in [1.29, 1.82) is 0 Å². The van der Waals surface area contributed by atoms with Gasteiger partial charge in [0.25, 0.3) is 0 Å². The number of anilines is 3. The van der Waals surface area contributed by atoms with Crippen molar-refractivity contribution in [2.45, 2.75) is 57.4 Å². The first-order valence-corrected chi connectivity index (χ1v) is 8.15. The second-order valence-corrected chi connectivity index (χ2v) is 6.47. The molecule has 1 saturated carbocycles. The lowest BCUT2D eigenvalue weighted by Crippen LogP contribution is -2.37. The molecule has 2 aliphatic rings. The van der Waals surface area contributed by atoms with Crippen LogP contribution in [-0.4, -0.2) is 40.6 Å². The molecule has 0 spiro atoms. The molecule has 2 fully saturated rings. The normalized spacial score (nSPS) is 21.3. The Morgan fingerprint density at radius 3 is 2.24 bits per heavy atom. The van der Waals surface area contributed by atoms with Crippen molar-refractivity contribution >= 4 is 17.8 Å². The first kappa shape index (κ1) is 14.4. The van der Waals surface area contributed by atoms with Crippen LogP contribution in [0.15, 0.2) is 0 Å². The van der Waals surface area contributed by atoms with Crippen LogP contribution in [0.25, 0.3) is 0 Å². The summed E-state index contributed by atoms with van der Waals surface area (Å²) in [6.45, 7) is 4.37. The van der Waals surface area contributed by atoms with Crippen molar-refractivity contribution in [3.8, 4) is 0 Å². The first-order valence-electron chi connectivity index (χ1n) is 8.15. The molecule has 0 radical (unpaired) electrons. The Labute approximate surface area is 126 Å². The molecular weight excluding hydrogens is 264 g/mol. The summed E-state index contributed by atoms with van der Waals surface area (Å²) in [6, 6.07) is 0. The standard InChI is InChI=1S/C15H26N6/c1-15(8-4-3-5-9-15)20-13-17-12(16-2)18-14(19-13)21-10-6-7-11-21/h3-11H2,1-2H3,(H2,16,17,18,19,20). The summed E-state index contributed by atoms with van der Waals surface area (Å²) < 4.78 is 0. The molecule has 116 valence electrons. The Kier molecular flexibility index (Phi) is 4.12. The molecule has 2 heterocycles. The van der Waals surface area contributed by atoms with E-state index in [2.05, 4.69) is 37.4 Å². The first-order chi connectivity index (χ1) is 10.2. The van der Waals surface area contributed by atoms with Gasteiger partial charge in [0, 0.05) is 25.7 Å². The van der Waals surface area contributed by atoms with Gasteiger partial charge < -0.3 is 15.5 Å². The molecule has 21 heavy (non-hydrogen) atoms. The zero-order chi connectivity index (χ0) is 14.7. The summed E-state index contributed by atoms with van der Waals surface area (Å²) in [5, 5.41) is 6.62. The number of nitrogens with one attached hydrogen (secondary N) is 2. The molecule has 0 atom stereocenters. The lowest BCUT2D eigenvalue weighted by Gasteiger charge is -2.34. The fourth-order valence-electron chi connectivity index (χ4n) is 3.32. The number of nitrogens with zero attached hydrogens (tertiary/aromatic N) is 4. The topological polar surface area (TPSA) is 66.0 Å². The third-order valence-electron chi connectivity index (χ3n) is 4.61. The molecule has 0 amide bonds.